The van der Waals surface area contributed by atoms with Crippen LogP contribution >= 0.6 is 0 Å². The molecule has 1 unspecified atom stereocenters. The molecule has 0 radical (unpaired) electrons. The summed E-state index contributed by atoms with van der Waals surface area (Å²) in [6, 6.07) is 0.742. The molecule has 10 nitrogen and oxygen atoms in total. The van der Waals surface area contributed by atoms with Crippen LogP contribution in [0.2, 0.25) is 0 Å². The summed E-state index contributed by atoms with van der Waals surface area (Å²) in [6.45, 7) is 13.6. The monoisotopic (exact) mass is 609 g/mol. The Morgan fingerprint density at radius 2 is 1.68 bits per heavy atom. The van der Waals surface area contributed by atoms with Gasteiger partial charge in [-0.15, -0.1) is 0 Å². The van der Waals surface area contributed by atoms with E-state index in [-0.39, 0.29) is 66.3 Å². The number of carbonyl (C=O) groups is 1. The van der Waals surface area contributed by atoms with Gasteiger partial charge in [0.15, 0.2) is 5.82 Å². The molecule has 44 heavy (non-hydrogen) atoms. The van der Waals surface area contributed by atoms with E-state index < -0.39 is 34.8 Å². The Kier molecular flexibility index (Phi) is 8.34. The minimum Gasteiger partial charge on any atom is -0.350 e. The molecule has 1 fully saturated rings. The Balaban J connectivity index is 1.82. The number of piperazine rings is 1. The van der Waals surface area contributed by atoms with E-state index in [1.807, 2.05) is 34.6 Å². The molecule has 13 heteroatoms. The molecule has 232 valence electrons. The predicted octanol–water partition coefficient (Wildman–Crippen LogP) is 5.03. The second-order valence-electron chi connectivity index (χ2n) is 11.5. The van der Waals surface area contributed by atoms with E-state index in [1.54, 1.807) is 9.80 Å². The average molecular weight is 610 g/mol. The quantitative estimate of drug-likeness (QED) is 0.388. The highest BCUT2D eigenvalue weighted by Crippen LogP contribution is 2.45. The third-order valence-corrected chi connectivity index (χ3v) is 7.95. The van der Waals surface area contributed by atoms with Gasteiger partial charge in [-0.1, -0.05) is 40.3 Å². The van der Waals surface area contributed by atoms with Gasteiger partial charge in [-0.25, -0.2) is 37.6 Å². The molecule has 0 bridgehead atoms. The molecule has 0 saturated carbocycles. The van der Waals surface area contributed by atoms with Gasteiger partial charge < -0.3 is 9.80 Å². The number of anilines is 2. The summed E-state index contributed by atoms with van der Waals surface area (Å²) in [6.07, 6.45) is 3.64. The first-order valence-electron chi connectivity index (χ1n) is 14.4. The van der Waals surface area contributed by atoms with Crippen LogP contribution in [0.25, 0.3) is 11.8 Å². The maximum absolute atomic E-state index is 16.0. The van der Waals surface area contributed by atoms with Gasteiger partial charge in [-0.05, 0) is 43.0 Å². The number of fused-ring (bicyclic) bond motifs is 1. The van der Waals surface area contributed by atoms with E-state index >= 15 is 13.2 Å². The van der Waals surface area contributed by atoms with Crippen molar-refractivity contribution >= 4 is 23.6 Å². The lowest BCUT2D eigenvalue weighted by atomic mass is 9.97. The largest absolute Gasteiger partial charge is 0.355 e. The van der Waals surface area contributed by atoms with E-state index in [9.17, 15) is 14.8 Å². The van der Waals surface area contributed by atoms with Crippen LogP contribution in [0, 0.1) is 11.6 Å². The molecule has 2 aromatic heterocycles. The van der Waals surface area contributed by atoms with Crippen molar-refractivity contribution in [3.8, 4) is 5.69 Å². The zero-order chi connectivity index (χ0) is 32.0. The summed E-state index contributed by atoms with van der Waals surface area (Å²) >= 11 is 0. The first-order valence-corrected chi connectivity index (χ1v) is 14.4. The van der Waals surface area contributed by atoms with Gasteiger partial charge in [-0.3, -0.25) is 10.0 Å². The van der Waals surface area contributed by atoms with Crippen LogP contribution < -0.4 is 15.7 Å². The lowest BCUT2D eigenvalue weighted by molar-refractivity contribution is -0.126. The summed E-state index contributed by atoms with van der Waals surface area (Å²) in [5.74, 6) is -4.10. The van der Waals surface area contributed by atoms with Crippen molar-refractivity contribution in [3.05, 3.63) is 87.6 Å². The zero-order valence-corrected chi connectivity index (χ0v) is 25.1. The third kappa shape index (κ3) is 5.14. The topological polar surface area (TPSA) is 108 Å². The van der Waals surface area contributed by atoms with Crippen LogP contribution in [0.5, 0.6) is 0 Å². The van der Waals surface area contributed by atoms with Gasteiger partial charge >= 0.3 is 5.69 Å². The molecule has 1 saturated heterocycles. The molecule has 3 aromatic rings. The van der Waals surface area contributed by atoms with E-state index in [2.05, 4.69) is 21.5 Å². The maximum atomic E-state index is 16.0. The van der Waals surface area contributed by atoms with Crippen LogP contribution in [0.4, 0.5) is 24.8 Å². The zero-order valence-electron chi connectivity index (χ0n) is 25.1. The summed E-state index contributed by atoms with van der Waals surface area (Å²) in [5, 5.41) is 12.1. The van der Waals surface area contributed by atoms with Gasteiger partial charge in [0.05, 0.1) is 28.2 Å². The lowest BCUT2D eigenvalue weighted by Crippen LogP contribution is -2.54. The molecule has 1 aromatic carbocycles. The fourth-order valence-corrected chi connectivity index (χ4v) is 5.86. The number of carbonyl (C=O) groups excluding carboxylic acids is 1. The molecule has 2 aliphatic heterocycles. The molecular formula is C31H34F3N7O3. The Morgan fingerprint density at radius 3 is 2.23 bits per heavy atom. The molecular weight excluding hydrogens is 575 g/mol. The van der Waals surface area contributed by atoms with Crippen molar-refractivity contribution in [1.29, 1.82) is 0 Å². The van der Waals surface area contributed by atoms with Gasteiger partial charge in [0, 0.05) is 25.7 Å². The number of hydrogen-bond donors (Lipinski definition) is 1. The molecule has 4 heterocycles. The van der Waals surface area contributed by atoms with Crippen LogP contribution in [0.1, 0.15) is 75.0 Å². The standard InChI is InChI=1S/C31H34F3N7O3/c1-7-23(42)38-11-12-39(18(6)14-38)29-19-13-22(34)27(24-20(32)9-8-10-21(24)33)41(44)30(19)40(31(43)37-29)28-25(16(2)3)35-15-36-26(28)17(4)5/h7-10,13,15-18,27,44H,1,11-12,14H2,2-6H3/t18-,27?/m0/s1. The second kappa shape index (κ2) is 11.9. The number of benzene rings is 1. The minimum absolute atomic E-state index is 0.0150. The van der Waals surface area contributed by atoms with E-state index in [1.165, 1.54) is 12.4 Å². The Labute approximate surface area is 252 Å². The molecule has 5 rings (SSSR count). The van der Waals surface area contributed by atoms with Gasteiger partial charge in [0.1, 0.15) is 35.6 Å². The molecule has 1 amide bonds. The van der Waals surface area contributed by atoms with E-state index in [4.69, 9.17) is 0 Å². The SMILES string of the molecule is C=CC(=O)N1CCN(c2nc(=O)n(-c3c(C(C)C)ncnc3C(C)C)c3c2C=C(F)C(c2c(F)cccc2F)N3O)[C@@H](C)C1. The first kappa shape index (κ1) is 30.9. The van der Waals surface area contributed by atoms with Crippen LogP contribution in [0.15, 0.2) is 47.8 Å². The highest BCUT2D eigenvalue weighted by Gasteiger charge is 2.40. The average Bonchev–Trinajstić information content (AvgIpc) is 2.97. The summed E-state index contributed by atoms with van der Waals surface area (Å²) in [7, 11) is 0. The summed E-state index contributed by atoms with van der Waals surface area (Å²) < 4.78 is 47.2. The van der Waals surface area contributed by atoms with E-state index in [0.717, 1.165) is 28.8 Å². The number of halogens is 3. The Bertz CT molecular complexity index is 1680. The van der Waals surface area contributed by atoms with Crippen molar-refractivity contribution in [2.45, 2.75) is 58.5 Å². The number of amides is 1. The number of hydrogen-bond acceptors (Lipinski definition) is 8. The highest BCUT2D eigenvalue weighted by atomic mass is 19.1. The Hall–Kier alpha value is -4.52. The van der Waals surface area contributed by atoms with Crippen LogP contribution in [0.3, 0.4) is 0 Å². The predicted molar refractivity (Wildman–Crippen MR) is 160 cm³/mol. The van der Waals surface area contributed by atoms with Gasteiger partial charge in [-0.2, -0.15) is 4.98 Å². The first-order chi connectivity index (χ1) is 20.9. The van der Waals surface area contributed by atoms with Crippen LogP contribution in [-0.4, -0.2) is 61.2 Å². The van der Waals surface area contributed by atoms with Crippen molar-refractivity contribution in [1.82, 2.24) is 24.4 Å². The van der Waals surface area contributed by atoms with Gasteiger partial charge in [0.2, 0.25) is 5.91 Å². The smallest absolute Gasteiger partial charge is 0.350 e. The second-order valence-corrected chi connectivity index (χ2v) is 11.5. The van der Waals surface area contributed by atoms with Crippen LogP contribution in [-0.2, 0) is 4.79 Å². The van der Waals surface area contributed by atoms with E-state index in [0.29, 0.717) is 16.5 Å². The van der Waals surface area contributed by atoms with Gasteiger partial charge in [0.25, 0.3) is 0 Å². The molecule has 1 N–H and O–H groups in total. The highest BCUT2D eigenvalue weighted by molar-refractivity contribution is 5.87. The maximum Gasteiger partial charge on any atom is 0.355 e. The fourth-order valence-electron chi connectivity index (χ4n) is 5.86. The molecule has 0 spiro atoms. The van der Waals surface area contributed by atoms with Crippen molar-refractivity contribution in [2.75, 3.05) is 29.6 Å². The number of nitrogens with zero attached hydrogens (tertiary/aromatic N) is 7. The summed E-state index contributed by atoms with van der Waals surface area (Å²) in [5.41, 5.74) is -0.379. The molecule has 2 atom stereocenters. The molecule has 0 aliphatic carbocycles. The number of hydroxylamine groups is 1. The van der Waals surface area contributed by atoms with Crippen molar-refractivity contribution < 1.29 is 23.2 Å². The molecule has 2 aliphatic rings. The van der Waals surface area contributed by atoms with Crippen molar-refractivity contribution in [2.24, 2.45) is 0 Å². The Morgan fingerprint density at radius 1 is 1.07 bits per heavy atom. The van der Waals surface area contributed by atoms with Crippen molar-refractivity contribution in [3.63, 3.8) is 0 Å². The minimum atomic E-state index is -1.95. The fraction of sp³-hybridized carbons (Fsp3) is 0.387. The normalized spacial score (nSPS) is 18.5. The lowest BCUT2D eigenvalue weighted by Gasteiger charge is -2.42. The number of aromatic nitrogens is 4. The third-order valence-electron chi connectivity index (χ3n) is 7.95. The summed E-state index contributed by atoms with van der Waals surface area (Å²) in [4.78, 5) is 43.0. The number of rotatable bonds is 6.